The molecule has 8 nitrogen and oxygen atoms in total. The lowest BCUT2D eigenvalue weighted by molar-refractivity contribution is -0.115. The summed E-state index contributed by atoms with van der Waals surface area (Å²) in [5.41, 5.74) is -4.28. The molecule has 172 valence electrons. The van der Waals surface area contributed by atoms with Crippen molar-refractivity contribution < 1.29 is 36.6 Å². The second-order valence-electron chi connectivity index (χ2n) is 6.51. The molecule has 3 rings (SSSR count). The summed E-state index contributed by atoms with van der Waals surface area (Å²) in [5, 5.41) is 24.0. The van der Waals surface area contributed by atoms with E-state index in [9.17, 15) is 36.6 Å². The third-order valence-electron chi connectivity index (χ3n) is 4.11. The van der Waals surface area contributed by atoms with Gasteiger partial charge >= 0.3 is 5.51 Å². The average Bonchev–Trinajstić information content (AvgIpc) is 3.34. The summed E-state index contributed by atoms with van der Waals surface area (Å²) >= 11 is 2.28. The predicted octanol–water partition coefficient (Wildman–Crippen LogP) is 3.29. The summed E-state index contributed by atoms with van der Waals surface area (Å²) in [4.78, 5) is 20.4. The average molecular weight is 508 g/mol. The van der Waals surface area contributed by atoms with Gasteiger partial charge in [0.25, 0.3) is 9.84 Å². The molecule has 0 aliphatic rings. The lowest BCUT2D eigenvalue weighted by atomic mass is 10.1. The molecule has 0 aliphatic carbocycles. The maximum atomic E-state index is 12.6. The Morgan fingerprint density at radius 1 is 1.22 bits per heavy atom. The lowest BCUT2D eigenvalue weighted by Crippen LogP contribution is -2.23. The van der Waals surface area contributed by atoms with Crippen LogP contribution in [-0.2, 0) is 27.7 Å². The van der Waals surface area contributed by atoms with E-state index in [2.05, 4.69) is 15.3 Å². The summed E-state index contributed by atoms with van der Waals surface area (Å²) in [7, 11) is -5.45. The zero-order valence-corrected chi connectivity index (χ0v) is 18.7. The van der Waals surface area contributed by atoms with Crippen LogP contribution in [0.25, 0.3) is 10.6 Å². The first-order valence-electron chi connectivity index (χ1n) is 8.87. The number of hydrogen-bond donors (Lipinski definition) is 3. The van der Waals surface area contributed by atoms with Crippen molar-refractivity contribution in [3.63, 3.8) is 0 Å². The maximum absolute atomic E-state index is 12.6. The van der Waals surface area contributed by atoms with Crippen LogP contribution in [0.4, 0.5) is 18.3 Å². The molecule has 3 N–H and O–H groups in total. The Balaban J connectivity index is 1.70. The van der Waals surface area contributed by atoms with E-state index in [4.69, 9.17) is 0 Å². The van der Waals surface area contributed by atoms with Gasteiger partial charge in [-0.05, 0) is 24.6 Å². The molecule has 3 aromatic rings. The van der Waals surface area contributed by atoms with Gasteiger partial charge in [-0.3, -0.25) is 4.79 Å². The quantitative estimate of drug-likeness (QED) is 0.448. The Hall–Kier alpha value is -2.39. The molecule has 2 aromatic heterocycles. The molecular formula is C18H16F3N3O5S3. The largest absolute Gasteiger partial charge is 0.501 e. The molecular weight excluding hydrogens is 491 g/mol. The van der Waals surface area contributed by atoms with Gasteiger partial charge in [0.05, 0.1) is 40.3 Å². The molecule has 0 spiro atoms. The van der Waals surface area contributed by atoms with Crippen molar-refractivity contribution in [2.75, 3.05) is 5.32 Å². The molecule has 0 saturated carbocycles. The molecule has 0 radical (unpaired) electrons. The topological polar surface area (TPSA) is 129 Å². The molecule has 0 saturated heterocycles. The minimum atomic E-state index is -5.45. The van der Waals surface area contributed by atoms with Crippen LogP contribution >= 0.6 is 22.7 Å². The van der Waals surface area contributed by atoms with Crippen molar-refractivity contribution in [2.45, 2.75) is 36.5 Å². The Bertz CT molecular complexity index is 1220. The van der Waals surface area contributed by atoms with E-state index in [0.29, 0.717) is 26.8 Å². The monoisotopic (exact) mass is 507 g/mol. The first-order valence-corrected chi connectivity index (χ1v) is 12.0. The number of carbonyl (C=O) groups excluding carboxylic acids is 1. The molecule has 0 bridgehead atoms. The summed E-state index contributed by atoms with van der Waals surface area (Å²) in [6.45, 7) is 1.24. The van der Waals surface area contributed by atoms with Crippen LogP contribution in [0, 0.1) is 0 Å². The Kier molecular flexibility index (Phi) is 7.00. The number of halogens is 3. The number of nitrogens with zero attached hydrogens (tertiary/aromatic N) is 2. The molecule has 0 fully saturated rings. The lowest BCUT2D eigenvalue weighted by Gasteiger charge is -2.08. The Morgan fingerprint density at radius 3 is 2.44 bits per heavy atom. The molecule has 1 unspecified atom stereocenters. The van der Waals surface area contributed by atoms with E-state index in [1.54, 1.807) is 5.38 Å². The highest BCUT2D eigenvalue weighted by Gasteiger charge is 2.46. The highest BCUT2D eigenvalue weighted by molar-refractivity contribution is 7.92. The fraction of sp³-hybridized carbons (Fsp3) is 0.278. The van der Waals surface area contributed by atoms with Crippen molar-refractivity contribution >= 4 is 43.5 Å². The van der Waals surface area contributed by atoms with Gasteiger partial charge in [-0.25, -0.2) is 18.4 Å². The van der Waals surface area contributed by atoms with Crippen LogP contribution in [0.3, 0.4) is 0 Å². The Labute approximate surface area is 188 Å². The number of rotatable bonds is 7. The highest BCUT2D eigenvalue weighted by atomic mass is 32.2. The number of hydrogen-bond acceptors (Lipinski definition) is 9. The molecule has 32 heavy (non-hydrogen) atoms. The van der Waals surface area contributed by atoms with Gasteiger partial charge < -0.3 is 15.5 Å². The number of anilines is 1. The number of amides is 1. The van der Waals surface area contributed by atoms with Crippen molar-refractivity contribution in [1.29, 1.82) is 0 Å². The number of aromatic nitrogens is 2. The van der Waals surface area contributed by atoms with E-state index in [1.165, 1.54) is 6.92 Å². The number of aliphatic hydroxyl groups excluding tert-OH is 2. The molecule has 0 aliphatic heterocycles. The minimum absolute atomic E-state index is 0.213. The van der Waals surface area contributed by atoms with Crippen LogP contribution in [0.2, 0.25) is 0 Å². The summed E-state index contributed by atoms with van der Waals surface area (Å²) in [6.07, 6.45) is -1.10. The Morgan fingerprint density at radius 2 is 1.88 bits per heavy atom. The van der Waals surface area contributed by atoms with Gasteiger partial charge in [-0.2, -0.15) is 13.2 Å². The fourth-order valence-corrected chi connectivity index (χ4v) is 5.14. The third-order valence-corrected chi connectivity index (χ3v) is 7.45. The van der Waals surface area contributed by atoms with Crippen molar-refractivity contribution in [1.82, 2.24) is 9.97 Å². The van der Waals surface area contributed by atoms with Gasteiger partial charge in [0.2, 0.25) is 5.91 Å². The van der Waals surface area contributed by atoms with Crippen LogP contribution < -0.4 is 5.32 Å². The normalized spacial score (nSPS) is 13.2. The van der Waals surface area contributed by atoms with E-state index in [0.717, 1.165) is 46.9 Å². The van der Waals surface area contributed by atoms with Gasteiger partial charge in [-0.15, -0.1) is 22.7 Å². The van der Waals surface area contributed by atoms with Crippen molar-refractivity contribution in [2.24, 2.45) is 0 Å². The zero-order valence-electron chi connectivity index (χ0n) is 16.3. The number of thiazole rings is 2. The van der Waals surface area contributed by atoms with E-state index < -0.39 is 32.3 Å². The molecule has 1 amide bonds. The molecule has 1 atom stereocenters. The van der Waals surface area contributed by atoms with Gasteiger partial charge in [-0.1, -0.05) is 12.1 Å². The van der Waals surface area contributed by atoms with E-state index in [1.807, 2.05) is 0 Å². The van der Waals surface area contributed by atoms with E-state index in [-0.39, 0.29) is 18.2 Å². The zero-order chi connectivity index (χ0) is 23.7. The first-order chi connectivity index (χ1) is 14.9. The van der Waals surface area contributed by atoms with Gasteiger partial charge in [0, 0.05) is 5.38 Å². The van der Waals surface area contributed by atoms with E-state index >= 15 is 0 Å². The van der Waals surface area contributed by atoms with Crippen molar-refractivity contribution in [3.05, 3.63) is 45.9 Å². The number of aliphatic hydroxyl groups is 2. The second-order valence-corrected chi connectivity index (χ2v) is 10.4. The SMILES string of the molecule is CC(O)c1nc(CO)sc1-c1csc(NC(=O)Cc2ccc(S(=O)(=O)C(F)(F)F)cc2)n1. The van der Waals surface area contributed by atoms with Crippen LogP contribution in [0.5, 0.6) is 0 Å². The smallest absolute Gasteiger partial charge is 0.389 e. The first kappa shape index (κ1) is 24.3. The standard InChI is InChI=1S/C18H16F3N3O5S3/c1-9(26)15-16(31-14(7-25)24-15)12-8-30-17(22-12)23-13(27)6-10-2-4-11(5-3-10)32(28,29)18(19,20)21/h2-5,8-9,25-26H,6-7H2,1H3,(H,22,23,27). The third kappa shape index (κ3) is 5.15. The van der Waals surface area contributed by atoms with Crippen LogP contribution in [-0.4, -0.2) is 40.0 Å². The summed E-state index contributed by atoms with van der Waals surface area (Å²) in [6, 6.07) is 3.86. The van der Waals surface area contributed by atoms with Crippen LogP contribution in [0.1, 0.15) is 29.3 Å². The van der Waals surface area contributed by atoms with Gasteiger partial charge in [0.1, 0.15) is 5.01 Å². The fourth-order valence-electron chi connectivity index (χ4n) is 2.62. The number of alkyl halides is 3. The predicted molar refractivity (Wildman–Crippen MR) is 112 cm³/mol. The number of carbonyl (C=O) groups is 1. The highest BCUT2D eigenvalue weighted by Crippen LogP contribution is 2.35. The number of nitrogens with one attached hydrogen (secondary N) is 1. The summed E-state index contributed by atoms with van der Waals surface area (Å²) < 4.78 is 60.6. The second kappa shape index (κ2) is 9.23. The van der Waals surface area contributed by atoms with Crippen molar-refractivity contribution in [3.8, 4) is 10.6 Å². The molecule has 2 heterocycles. The summed E-state index contributed by atoms with van der Waals surface area (Å²) in [5.74, 6) is -0.506. The maximum Gasteiger partial charge on any atom is 0.501 e. The number of sulfone groups is 1. The molecule has 1 aromatic carbocycles. The van der Waals surface area contributed by atoms with Crippen LogP contribution in [0.15, 0.2) is 34.5 Å². The van der Waals surface area contributed by atoms with Gasteiger partial charge in [0.15, 0.2) is 5.13 Å². The minimum Gasteiger partial charge on any atom is -0.389 e. The molecule has 14 heteroatoms. The number of benzene rings is 1.